The van der Waals surface area contributed by atoms with E-state index in [1.165, 1.54) is 12.1 Å². The Labute approximate surface area is 134 Å². The summed E-state index contributed by atoms with van der Waals surface area (Å²) in [4.78, 5) is 28.7. The summed E-state index contributed by atoms with van der Waals surface area (Å²) < 4.78 is 0. The van der Waals surface area contributed by atoms with Crippen molar-refractivity contribution in [3.8, 4) is 0 Å². The smallest absolute Gasteiger partial charge is 0.269 e. The number of hydrogen-bond acceptors (Lipinski definition) is 4. The average molecular weight is 313 g/mol. The summed E-state index contributed by atoms with van der Waals surface area (Å²) in [6.07, 6.45) is 4.07. The molecule has 0 atom stereocenters. The third kappa shape index (κ3) is 4.35. The molecule has 0 bridgehead atoms. The number of nitro groups is 1. The van der Waals surface area contributed by atoms with Gasteiger partial charge in [-0.15, -0.1) is 0 Å². The Balaban J connectivity index is 2.08. The molecule has 1 heterocycles. The topological polar surface area (TPSA) is 76.3 Å². The molecular formula is C17H19N3O3. The van der Waals surface area contributed by atoms with Crippen LogP contribution in [0.15, 0.2) is 48.8 Å². The zero-order chi connectivity index (χ0) is 16.8. The van der Waals surface area contributed by atoms with Crippen molar-refractivity contribution < 1.29 is 9.72 Å². The molecule has 1 aromatic heterocycles. The quantitative estimate of drug-likeness (QED) is 0.605. The lowest BCUT2D eigenvalue weighted by molar-refractivity contribution is -0.384. The molecule has 0 spiro atoms. The normalized spacial score (nSPS) is 10.6. The van der Waals surface area contributed by atoms with E-state index in [1.807, 2.05) is 19.9 Å². The third-order valence-corrected chi connectivity index (χ3v) is 3.46. The SMILES string of the molecule is CC(C)N(C(=O)CCc1cccc([N+](=O)[O-])c1)c1cccnc1. The molecule has 0 unspecified atom stereocenters. The van der Waals surface area contributed by atoms with Crippen LogP contribution in [0.2, 0.25) is 0 Å². The van der Waals surface area contributed by atoms with Crippen LogP contribution >= 0.6 is 0 Å². The Morgan fingerprint density at radius 1 is 1.30 bits per heavy atom. The maximum atomic E-state index is 12.5. The molecule has 0 saturated heterocycles. The lowest BCUT2D eigenvalue weighted by Gasteiger charge is -2.26. The number of anilines is 1. The van der Waals surface area contributed by atoms with Gasteiger partial charge in [-0.2, -0.15) is 0 Å². The van der Waals surface area contributed by atoms with Gasteiger partial charge in [-0.3, -0.25) is 19.9 Å². The highest BCUT2D eigenvalue weighted by atomic mass is 16.6. The van der Waals surface area contributed by atoms with E-state index in [-0.39, 0.29) is 24.1 Å². The van der Waals surface area contributed by atoms with Crippen LogP contribution in [-0.2, 0) is 11.2 Å². The van der Waals surface area contributed by atoms with Gasteiger partial charge < -0.3 is 4.90 Å². The van der Waals surface area contributed by atoms with Gasteiger partial charge in [0.1, 0.15) is 0 Å². The molecule has 2 aromatic rings. The number of carbonyl (C=O) groups excluding carboxylic acids is 1. The molecule has 6 nitrogen and oxygen atoms in total. The number of carbonyl (C=O) groups is 1. The minimum Gasteiger partial charge on any atom is -0.308 e. The number of aromatic nitrogens is 1. The molecule has 0 radical (unpaired) electrons. The van der Waals surface area contributed by atoms with E-state index in [2.05, 4.69) is 4.98 Å². The van der Waals surface area contributed by atoms with Crippen molar-refractivity contribution in [3.63, 3.8) is 0 Å². The second-order valence-electron chi connectivity index (χ2n) is 5.50. The number of non-ortho nitro benzene ring substituents is 1. The second kappa shape index (κ2) is 7.49. The number of nitro benzene ring substituents is 1. The van der Waals surface area contributed by atoms with Gasteiger partial charge >= 0.3 is 0 Å². The van der Waals surface area contributed by atoms with E-state index >= 15 is 0 Å². The first-order valence-corrected chi connectivity index (χ1v) is 7.44. The first-order valence-electron chi connectivity index (χ1n) is 7.44. The van der Waals surface area contributed by atoms with Crippen molar-refractivity contribution in [2.24, 2.45) is 0 Å². The highest BCUT2D eigenvalue weighted by Crippen LogP contribution is 2.19. The Morgan fingerprint density at radius 2 is 2.09 bits per heavy atom. The van der Waals surface area contributed by atoms with Gasteiger partial charge in [0.25, 0.3) is 5.69 Å². The molecule has 0 fully saturated rings. The van der Waals surface area contributed by atoms with Crippen molar-refractivity contribution in [3.05, 3.63) is 64.5 Å². The van der Waals surface area contributed by atoms with E-state index in [1.54, 1.807) is 35.5 Å². The Hall–Kier alpha value is -2.76. The molecule has 1 aromatic carbocycles. The molecule has 0 aliphatic heterocycles. The molecule has 0 aliphatic rings. The number of hydrogen-bond donors (Lipinski definition) is 0. The Bertz CT molecular complexity index is 686. The summed E-state index contributed by atoms with van der Waals surface area (Å²) >= 11 is 0. The first-order chi connectivity index (χ1) is 11.0. The summed E-state index contributed by atoms with van der Waals surface area (Å²) in [7, 11) is 0. The van der Waals surface area contributed by atoms with Crippen LogP contribution in [0, 0.1) is 10.1 Å². The number of rotatable bonds is 6. The van der Waals surface area contributed by atoms with E-state index in [0.29, 0.717) is 6.42 Å². The highest BCUT2D eigenvalue weighted by Gasteiger charge is 2.19. The first kappa shape index (κ1) is 16.6. The fourth-order valence-corrected chi connectivity index (χ4v) is 2.42. The molecule has 0 N–H and O–H groups in total. The van der Waals surface area contributed by atoms with Gasteiger partial charge in [-0.1, -0.05) is 12.1 Å². The number of benzene rings is 1. The lowest BCUT2D eigenvalue weighted by atomic mass is 10.1. The van der Waals surface area contributed by atoms with Gasteiger partial charge in [-0.25, -0.2) is 0 Å². The minimum atomic E-state index is -0.429. The van der Waals surface area contributed by atoms with Crippen molar-refractivity contribution in [2.45, 2.75) is 32.7 Å². The standard InChI is InChI=1S/C17H19N3O3/c1-13(2)19(16-7-4-10-18-12-16)17(21)9-8-14-5-3-6-15(11-14)20(22)23/h3-7,10-13H,8-9H2,1-2H3. The molecular weight excluding hydrogens is 294 g/mol. The van der Waals surface area contributed by atoms with Gasteiger partial charge in [0, 0.05) is 30.8 Å². The minimum absolute atomic E-state index is 0.0109. The summed E-state index contributed by atoms with van der Waals surface area (Å²) in [5, 5.41) is 10.8. The predicted molar refractivity (Wildman–Crippen MR) is 88.3 cm³/mol. The van der Waals surface area contributed by atoms with Gasteiger partial charge in [0.2, 0.25) is 5.91 Å². The predicted octanol–water partition coefficient (Wildman–Crippen LogP) is 3.36. The van der Waals surface area contributed by atoms with E-state index in [4.69, 9.17) is 0 Å². The zero-order valence-corrected chi connectivity index (χ0v) is 13.2. The molecule has 0 aliphatic carbocycles. The van der Waals surface area contributed by atoms with E-state index < -0.39 is 4.92 Å². The molecule has 1 amide bonds. The van der Waals surface area contributed by atoms with Crippen LogP contribution in [0.5, 0.6) is 0 Å². The maximum Gasteiger partial charge on any atom is 0.269 e. The molecule has 2 rings (SSSR count). The van der Waals surface area contributed by atoms with Crippen molar-refractivity contribution in [1.29, 1.82) is 0 Å². The fraction of sp³-hybridized carbons (Fsp3) is 0.294. The fourth-order valence-electron chi connectivity index (χ4n) is 2.42. The average Bonchev–Trinajstić information content (AvgIpc) is 2.54. The van der Waals surface area contributed by atoms with Crippen LogP contribution in [0.3, 0.4) is 0 Å². The van der Waals surface area contributed by atoms with Gasteiger partial charge in [0.05, 0.1) is 16.8 Å². The highest BCUT2D eigenvalue weighted by molar-refractivity contribution is 5.93. The van der Waals surface area contributed by atoms with E-state index in [0.717, 1.165) is 11.3 Å². The maximum absolute atomic E-state index is 12.5. The molecule has 120 valence electrons. The van der Waals surface area contributed by atoms with Crippen LogP contribution < -0.4 is 4.90 Å². The van der Waals surface area contributed by atoms with Crippen LogP contribution in [0.1, 0.15) is 25.8 Å². The van der Waals surface area contributed by atoms with Crippen molar-refractivity contribution >= 4 is 17.3 Å². The number of amides is 1. The lowest BCUT2D eigenvalue weighted by Crippen LogP contribution is -2.37. The third-order valence-electron chi connectivity index (χ3n) is 3.46. The van der Waals surface area contributed by atoms with E-state index in [9.17, 15) is 14.9 Å². The second-order valence-corrected chi connectivity index (χ2v) is 5.50. The number of nitrogens with zero attached hydrogens (tertiary/aromatic N) is 3. The largest absolute Gasteiger partial charge is 0.308 e. The molecule has 0 saturated carbocycles. The molecule has 6 heteroatoms. The summed E-state index contributed by atoms with van der Waals surface area (Å²) in [5.74, 6) is -0.0282. The summed E-state index contributed by atoms with van der Waals surface area (Å²) in [6, 6.07) is 10.0. The summed E-state index contributed by atoms with van der Waals surface area (Å²) in [5.41, 5.74) is 1.58. The monoisotopic (exact) mass is 313 g/mol. The Morgan fingerprint density at radius 3 is 2.70 bits per heavy atom. The van der Waals surface area contributed by atoms with Gasteiger partial charge in [0.15, 0.2) is 0 Å². The van der Waals surface area contributed by atoms with Crippen molar-refractivity contribution in [2.75, 3.05) is 4.90 Å². The summed E-state index contributed by atoms with van der Waals surface area (Å²) in [6.45, 7) is 3.89. The van der Waals surface area contributed by atoms with Crippen molar-refractivity contribution in [1.82, 2.24) is 4.98 Å². The van der Waals surface area contributed by atoms with Crippen LogP contribution in [0.4, 0.5) is 11.4 Å². The number of aryl methyl sites for hydroxylation is 1. The Kier molecular flexibility index (Phi) is 5.41. The zero-order valence-electron chi connectivity index (χ0n) is 13.2. The molecule has 23 heavy (non-hydrogen) atoms. The van der Waals surface area contributed by atoms with Crippen LogP contribution in [-0.4, -0.2) is 21.9 Å². The van der Waals surface area contributed by atoms with Gasteiger partial charge in [-0.05, 0) is 38.0 Å². The van der Waals surface area contributed by atoms with Crippen LogP contribution in [0.25, 0.3) is 0 Å². The number of pyridine rings is 1.